The van der Waals surface area contributed by atoms with E-state index in [0.717, 1.165) is 34.6 Å². The molecule has 6 heteroatoms. The highest BCUT2D eigenvalue weighted by Gasteiger charge is 2.21. The summed E-state index contributed by atoms with van der Waals surface area (Å²) in [6, 6.07) is 60.0. The second-order valence-electron chi connectivity index (χ2n) is 24.9. The van der Waals surface area contributed by atoms with Crippen LogP contribution in [0.15, 0.2) is 182 Å². The van der Waals surface area contributed by atoms with Gasteiger partial charge in [0.2, 0.25) is 33.6 Å². The van der Waals surface area contributed by atoms with Gasteiger partial charge in [0.1, 0.15) is 21.1 Å². The smallest absolute Gasteiger partial charge is 0.213 e. The van der Waals surface area contributed by atoms with Crippen molar-refractivity contribution >= 4 is 32.7 Å². The van der Waals surface area contributed by atoms with Crippen LogP contribution in [-0.2, 0) is 27.6 Å². The van der Waals surface area contributed by atoms with E-state index < -0.39 is 0 Å². The fourth-order valence-electron chi connectivity index (χ4n) is 12.2. The minimum Gasteiger partial charge on any atom is -0.261 e. The van der Waals surface area contributed by atoms with E-state index in [9.17, 15) is 0 Å². The number of fused-ring (bicyclic) bond motifs is 3. The topological polar surface area (TPSA) is 50.3 Å². The molecule has 6 aromatic heterocycles. The van der Waals surface area contributed by atoms with Gasteiger partial charge in [-0.1, -0.05) is 80.8 Å². The molecule has 86 heavy (non-hydrogen) atoms. The molecule has 0 aliphatic carbocycles. The maximum absolute atomic E-state index is 4.67. The summed E-state index contributed by atoms with van der Waals surface area (Å²) in [6.07, 6.45) is 6.97. The molecule has 12 rings (SSSR count). The number of benzene rings is 6. The summed E-state index contributed by atoms with van der Waals surface area (Å²) in [7, 11) is 6.48. The van der Waals surface area contributed by atoms with Crippen LogP contribution in [0, 0.1) is 75.2 Å². The van der Waals surface area contributed by atoms with Crippen molar-refractivity contribution in [2.45, 2.75) is 109 Å². The van der Waals surface area contributed by atoms with Crippen LogP contribution >= 0.6 is 0 Å². The molecule has 0 bridgehead atoms. The quantitative estimate of drug-likeness (QED) is 0.135. The third kappa shape index (κ3) is 12.8. The Morgan fingerprint density at radius 1 is 0.337 bits per heavy atom. The van der Waals surface area contributed by atoms with E-state index in [1.807, 2.05) is 25.5 Å². The normalized spacial score (nSPS) is 11.3. The molecule has 0 aliphatic heterocycles. The van der Waals surface area contributed by atoms with Crippen LogP contribution in [-0.4, -0.2) is 15.0 Å². The maximum atomic E-state index is 4.67. The van der Waals surface area contributed by atoms with Crippen molar-refractivity contribution in [2.24, 2.45) is 27.1 Å². The first kappa shape index (κ1) is 60.1. The number of aromatic nitrogens is 6. The van der Waals surface area contributed by atoms with Gasteiger partial charge in [-0.2, -0.15) is 13.7 Å². The highest BCUT2D eigenvalue weighted by molar-refractivity contribution is 5.86. The molecule has 0 aliphatic rings. The van der Waals surface area contributed by atoms with E-state index >= 15 is 0 Å². The van der Waals surface area contributed by atoms with Gasteiger partial charge in [0.15, 0.2) is 0 Å². The third-order valence-corrected chi connectivity index (χ3v) is 17.5. The summed E-state index contributed by atoms with van der Waals surface area (Å²) in [5, 5.41) is 3.72. The zero-order valence-corrected chi connectivity index (χ0v) is 53.9. The Hall–Kier alpha value is -9.00. The number of hydrogen-bond acceptors (Lipinski definition) is 3. The molecule has 0 saturated heterocycles. The summed E-state index contributed by atoms with van der Waals surface area (Å²) < 4.78 is 6.92. The lowest BCUT2D eigenvalue weighted by Crippen LogP contribution is -2.32. The molecule has 0 saturated carbocycles. The van der Waals surface area contributed by atoms with Gasteiger partial charge in [0.25, 0.3) is 0 Å². The predicted molar refractivity (Wildman–Crippen MR) is 361 cm³/mol. The van der Waals surface area contributed by atoms with Crippen molar-refractivity contribution in [3.8, 4) is 67.2 Å². The molecule has 0 N–H and O–H groups in total. The number of aryl methyl sites for hydroxylation is 10. The molecule has 0 unspecified atom stereocenters. The molecule has 6 nitrogen and oxygen atoms in total. The van der Waals surface area contributed by atoms with Gasteiger partial charge >= 0.3 is 0 Å². The van der Waals surface area contributed by atoms with Crippen LogP contribution in [0.3, 0.4) is 0 Å². The van der Waals surface area contributed by atoms with Gasteiger partial charge in [0.05, 0.1) is 0 Å². The van der Waals surface area contributed by atoms with E-state index in [-0.39, 0.29) is 0 Å². The van der Waals surface area contributed by atoms with Crippen molar-refractivity contribution in [1.29, 1.82) is 0 Å². The van der Waals surface area contributed by atoms with Crippen LogP contribution in [0.4, 0.5) is 0 Å². The maximum Gasteiger partial charge on any atom is 0.213 e. The Balaban J connectivity index is 0.000000143. The number of rotatable bonds is 9. The van der Waals surface area contributed by atoms with E-state index in [2.05, 4.69) is 304 Å². The molecule has 0 atom stereocenters. The summed E-state index contributed by atoms with van der Waals surface area (Å²) in [5.74, 6) is 1.07. The summed E-state index contributed by atoms with van der Waals surface area (Å²) >= 11 is 0. The van der Waals surface area contributed by atoms with Gasteiger partial charge in [-0.3, -0.25) is 15.0 Å². The molecular formula is C80H85N6+3. The van der Waals surface area contributed by atoms with E-state index in [0.29, 0.717) is 11.8 Å². The zero-order chi connectivity index (χ0) is 61.2. The van der Waals surface area contributed by atoms with Gasteiger partial charge in [-0.25, -0.2) is 0 Å². The molecule has 0 fully saturated rings. The molecule has 6 aromatic carbocycles. The van der Waals surface area contributed by atoms with Gasteiger partial charge < -0.3 is 0 Å². The van der Waals surface area contributed by atoms with Crippen LogP contribution in [0.1, 0.15) is 101 Å². The first-order chi connectivity index (χ1) is 41.1. The standard InChI is InChI=1S/C28H31N2.C27H29N2.C25H25N2/c1-18(2)13-25-10-7-24(17-29-25)22-8-11-27-23(16-22)9-12-28(30(27)6)26-15-19(3)14-20(4)21(26)5;1-17(2)25-10-7-23(16-28-25)21-8-11-26-22(15-21)9-12-27(29(26)6)24-14-18(3)13-19(4)20(24)5;1-16-12-17(2)19(4)23(13-16)25-11-9-21-14-20(8-10-24(21)27(25)5)22-7-6-18(3)26-15-22/h7-12,14-18H,13H2,1-6H3;7-17H,1-6H3;6-15H,1-5H3/q3*+1. The van der Waals surface area contributed by atoms with E-state index in [1.54, 1.807) is 0 Å². The highest BCUT2D eigenvalue weighted by Crippen LogP contribution is 2.33. The van der Waals surface area contributed by atoms with Crippen LogP contribution in [0.5, 0.6) is 0 Å². The van der Waals surface area contributed by atoms with Gasteiger partial charge in [-0.05, 0) is 229 Å². The van der Waals surface area contributed by atoms with Gasteiger partial charge in [0, 0.05) is 122 Å². The van der Waals surface area contributed by atoms with Crippen molar-refractivity contribution in [2.75, 3.05) is 0 Å². The average molecular weight is 1130 g/mol. The monoisotopic (exact) mass is 1130 g/mol. The molecule has 0 spiro atoms. The zero-order valence-electron chi connectivity index (χ0n) is 53.9. The second-order valence-corrected chi connectivity index (χ2v) is 24.9. The molecule has 6 heterocycles. The fourth-order valence-corrected chi connectivity index (χ4v) is 12.2. The Morgan fingerprint density at radius 3 is 1.00 bits per heavy atom. The fraction of sp³-hybridized carbons (Fsp3) is 0.250. The lowest BCUT2D eigenvalue weighted by molar-refractivity contribution is -0.633. The minimum absolute atomic E-state index is 0.451. The van der Waals surface area contributed by atoms with E-state index in [1.165, 1.54) is 139 Å². The Morgan fingerprint density at radius 2 is 0.686 bits per heavy atom. The first-order valence-electron chi connectivity index (χ1n) is 30.5. The Labute approximate surface area is 511 Å². The SMILES string of the molecule is Cc1cc(C)c(C)c(-c2ccc3cc(-c4ccc(C(C)C)nc4)ccc3[n+]2C)c1.Cc1cc(C)c(C)c(-c2ccc3cc(-c4ccc(C)nc4)ccc3[n+]2C)c1.Cc1cc(C)c(C)c(-c2ccc3cc(-c4ccc(CC(C)C)nc4)ccc3[n+]2C)c1. The molecule has 12 aromatic rings. The minimum atomic E-state index is 0.451. The van der Waals surface area contributed by atoms with E-state index in [4.69, 9.17) is 0 Å². The van der Waals surface area contributed by atoms with Crippen LogP contribution in [0.25, 0.3) is 99.9 Å². The van der Waals surface area contributed by atoms with Crippen LogP contribution < -0.4 is 13.7 Å². The van der Waals surface area contributed by atoms with Gasteiger partial charge in [-0.15, -0.1) is 0 Å². The first-order valence-corrected chi connectivity index (χ1v) is 30.5. The summed E-state index contributed by atoms with van der Waals surface area (Å²) in [5.41, 5.74) is 33.8. The lowest BCUT2D eigenvalue weighted by atomic mass is 9.96. The summed E-state index contributed by atoms with van der Waals surface area (Å²) in [6.45, 7) is 30.5. The predicted octanol–water partition coefficient (Wildman–Crippen LogP) is 18.6. The number of hydrogen-bond donors (Lipinski definition) is 0. The van der Waals surface area contributed by atoms with Crippen molar-refractivity contribution in [1.82, 2.24) is 15.0 Å². The average Bonchev–Trinajstić information content (AvgIpc) is 1.44. The third-order valence-electron chi connectivity index (χ3n) is 17.5. The largest absolute Gasteiger partial charge is 0.261 e. The highest BCUT2D eigenvalue weighted by atomic mass is 14.9. The Kier molecular flexibility index (Phi) is 17.7. The number of pyridine rings is 6. The number of nitrogens with zero attached hydrogens (tertiary/aromatic N) is 6. The summed E-state index contributed by atoms with van der Waals surface area (Å²) in [4.78, 5) is 13.7. The lowest BCUT2D eigenvalue weighted by Gasteiger charge is -2.11. The molecule has 0 radical (unpaired) electrons. The molecule has 432 valence electrons. The molecule has 0 amide bonds. The second kappa shape index (κ2) is 25.3. The van der Waals surface area contributed by atoms with Crippen molar-refractivity contribution in [3.05, 3.63) is 250 Å². The molecular weight excluding hydrogens is 1040 g/mol. The van der Waals surface area contributed by atoms with Crippen molar-refractivity contribution in [3.63, 3.8) is 0 Å². The Bertz CT molecular complexity index is 4490. The van der Waals surface area contributed by atoms with Crippen LogP contribution in [0.2, 0.25) is 0 Å². The van der Waals surface area contributed by atoms with Crippen molar-refractivity contribution < 1.29 is 13.7 Å².